The van der Waals surface area contributed by atoms with Crippen molar-refractivity contribution in [2.24, 2.45) is 0 Å². The van der Waals surface area contributed by atoms with E-state index in [1.165, 1.54) is 27.9 Å². The first-order valence-corrected chi connectivity index (χ1v) is 11.0. The number of halogens is 1. The molecule has 158 valence electrons. The van der Waals surface area contributed by atoms with Gasteiger partial charge < -0.3 is 4.42 Å². The molecule has 0 saturated heterocycles. The van der Waals surface area contributed by atoms with E-state index in [4.69, 9.17) is 4.42 Å². The molecule has 0 atom stereocenters. The number of carbonyl (C=O) groups is 1. The highest BCUT2D eigenvalue weighted by Gasteiger charge is 2.23. The van der Waals surface area contributed by atoms with Crippen molar-refractivity contribution in [2.75, 3.05) is 4.90 Å². The van der Waals surface area contributed by atoms with Crippen LogP contribution in [0.4, 0.5) is 9.52 Å². The summed E-state index contributed by atoms with van der Waals surface area (Å²) >= 11 is 1.28. The van der Waals surface area contributed by atoms with E-state index >= 15 is 0 Å². The third-order valence-electron chi connectivity index (χ3n) is 5.18. The fraction of sp³-hybridized carbons (Fsp3) is 0.0769. The number of thiazole rings is 1. The molecule has 0 fully saturated rings. The predicted molar refractivity (Wildman–Crippen MR) is 124 cm³/mol. The number of rotatable bonds is 6. The summed E-state index contributed by atoms with van der Waals surface area (Å²) in [6.45, 7) is 0.207. The molecule has 2 heterocycles. The molecule has 0 aliphatic heterocycles. The molecule has 0 spiro atoms. The van der Waals surface area contributed by atoms with E-state index in [-0.39, 0.29) is 18.0 Å². The lowest BCUT2D eigenvalue weighted by atomic mass is 10.0. The van der Waals surface area contributed by atoms with Crippen molar-refractivity contribution in [3.8, 4) is 0 Å². The monoisotopic (exact) mass is 442 g/mol. The van der Waals surface area contributed by atoms with Gasteiger partial charge in [0, 0.05) is 5.56 Å². The second-order valence-electron chi connectivity index (χ2n) is 7.41. The van der Waals surface area contributed by atoms with Gasteiger partial charge in [0.15, 0.2) is 5.13 Å². The standard InChI is InChI=1S/C26H19FN2O2S/c27-22-9-4-10-23-24(22)28-26(32-23)29(17-21-8-5-15-31-21)25(30)20-13-11-19(12-14-20)16-18-6-2-1-3-7-18/h1-15H,16-17H2. The van der Waals surface area contributed by atoms with Crippen molar-refractivity contribution in [3.05, 3.63) is 119 Å². The van der Waals surface area contributed by atoms with Crippen LogP contribution in [-0.2, 0) is 13.0 Å². The van der Waals surface area contributed by atoms with Gasteiger partial charge in [-0.2, -0.15) is 0 Å². The quantitative estimate of drug-likeness (QED) is 0.303. The second kappa shape index (κ2) is 8.77. The van der Waals surface area contributed by atoms with Crippen LogP contribution in [0.5, 0.6) is 0 Å². The number of carbonyl (C=O) groups excluding carboxylic acids is 1. The first-order valence-electron chi connectivity index (χ1n) is 10.2. The molecule has 5 rings (SSSR count). The van der Waals surface area contributed by atoms with Gasteiger partial charge >= 0.3 is 0 Å². The Morgan fingerprint density at radius 1 is 0.906 bits per heavy atom. The Bertz CT molecular complexity index is 1350. The van der Waals surface area contributed by atoms with Crippen LogP contribution in [0.2, 0.25) is 0 Å². The summed E-state index contributed by atoms with van der Waals surface area (Å²) in [5.74, 6) is 0.00608. The lowest BCUT2D eigenvalue weighted by molar-refractivity contribution is 0.0983. The number of furan rings is 1. The highest BCUT2D eigenvalue weighted by molar-refractivity contribution is 7.22. The number of fused-ring (bicyclic) bond motifs is 1. The fourth-order valence-corrected chi connectivity index (χ4v) is 4.53. The number of anilines is 1. The van der Waals surface area contributed by atoms with Crippen molar-refractivity contribution >= 4 is 32.6 Å². The summed E-state index contributed by atoms with van der Waals surface area (Å²) in [4.78, 5) is 19.4. The smallest absolute Gasteiger partial charge is 0.260 e. The topological polar surface area (TPSA) is 46.3 Å². The van der Waals surface area contributed by atoms with E-state index in [1.54, 1.807) is 30.5 Å². The lowest BCUT2D eigenvalue weighted by Crippen LogP contribution is -2.30. The Morgan fingerprint density at radius 3 is 2.41 bits per heavy atom. The van der Waals surface area contributed by atoms with E-state index in [1.807, 2.05) is 42.5 Å². The van der Waals surface area contributed by atoms with Gasteiger partial charge in [0.05, 0.1) is 17.5 Å². The average molecular weight is 443 g/mol. The van der Waals surface area contributed by atoms with Crippen LogP contribution in [0, 0.1) is 5.82 Å². The van der Waals surface area contributed by atoms with Gasteiger partial charge in [0.1, 0.15) is 17.1 Å². The van der Waals surface area contributed by atoms with E-state index in [2.05, 4.69) is 17.1 Å². The summed E-state index contributed by atoms with van der Waals surface area (Å²) in [6, 6.07) is 26.1. The molecule has 4 nitrogen and oxygen atoms in total. The summed E-state index contributed by atoms with van der Waals surface area (Å²) in [7, 11) is 0. The Kier molecular flexibility index (Phi) is 5.52. The molecule has 6 heteroatoms. The fourth-order valence-electron chi connectivity index (χ4n) is 3.56. The highest BCUT2D eigenvalue weighted by Crippen LogP contribution is 2.32. The molecule has 2 aromatic heterocycles. The van der Waals surface area contributed by atoms with Gasteiger partial charge in [-0.15, -0.1) is 0 Å². The van der Waals surface area contributed by atoms with E-state index < -0.39 is 5.82 Å². The van der Waals surface area contributed by atoms with Crippen LogP contribution < -0.4 is 4.90 Å². The number of hydrogen-bond acceptors (Lipinski definition) is 4. The van der Waals surface area contributed by atoms with Crippen molar-refractivity contribution < 1.29 is 13.6 Å². The SMILES string of the molecule is O=C(c1ccc(Cc2ccccc2)cc1)N(Cc1ccco1)c1nc2c(F)cccc2s1. The first kappa shape index (κ1) is 20.2. The second-order valence-corrected chi connectivity index (χ2v) is 8.42. The maximum atomic E-state index is 14.2. The van der Waals surface area contributed by atoms with Crippen LogP contribution in [0.3, 0.4) is 0 Å². The molecule has 5 aromatic rings. The summed E-state index contributed by atoms with van der Waals surface area (Å²) in [5, 5.41) is 0.430. The maximum Gasteiger partial charge on any atom is 0.260 e. The van der Waals surface area contributed by atoms with Crippen molar-refractivity contribution in [2.45, 2.75) is 13.0 Å². The molecule has 0 unspecified atom stereocenters. The van der Waals surface area contributed by atoms with Gasteiger partial charge in [-0.25, -0.2) is 9.37 Å². The zero-order valence-corrected chi connectivity index (χ0v) is 17.9. The van der Waals surface area contributed by atoms with Crippen molar-refractivity contribution in [1.29, 1.82) is 0 Å². The Morgan fingerprint density at radius 2 is 1.69 bits per heavy atom. The molecule has 0 radical (unpaired) electrons. The number of para-hydroxylation sites is 1. The molecule has 3 aromatic carbocycles. The molecule has 0 saturated carbocycles. The summed E-state index contributed by atoms with van der Waals surface area (Å²) in [5.41, 5.74) is 3.13. The number of aromatic nitrogens is 1. The number of nitrogens with zero attached hydrogens (tertiary/aromatic N) is 2. The van der Waals surface area contributed by atoms with Crippen molar-refractivity contribution in [1.82, 2.24) is 4.98 Å². The van der Waals surface area contributed by atoms with E-state index in [0.29, 0.717) is 21.2 Å². The summed E-state index contributed by atoms with van der Waals surface area (Å²) in [6.07, 6.45) is 2.36. The van der Waals surface area contributed by atoms with Crippen LogP contribution in [-0.4, -0.2) is 10.9 Å². The first-order chi connectivity index (χ1) is 15.7. The third kappa shape index (κ3) is 4.18. The third-order valence-corrected chi connectivity index (χ3v) is 6.22. The minimum absolute atomic E-state index is 0.207. The van der Waals surface area contributed by atoms with Crippen molar-refractivity contribution in [3.63, 3.8) is 0 Å². The molecule has 0 N–H and O–H groups in total. The number of hydrogen-bond donors (Lipinski definition) is 0. The zero-order chi connectivity index (χ0) is 21.9. The number of amides is 1. The predicted octanol–water partition coefficient (Wildman–Crippen LogP) is 6.47. The normalized spacial score (nSPS) is 11.0. The molecular formula is C26H19FN2O2S. The minimum Gasteiger partial charge on any atom is -0.467 e. The van der Waals surface area contributed by atoms with E-state index in [9.17, 15) is 9.18 Å². The Balaban J connectivity index is 1.45. The van der Waals surface area contributed by atoms with E-state index in [0.717, 1.165) is 12.0 Å². The van der Waals surface area contributed by atoms with Gasteiger partial charge in [0.2, 0.25) is 0 Å². The molecular weight excluding hydrogens is 423 g/mol. The molecule has 32 heavy (non-hydrogen) atoms. The summed E-state index contributed by atoms with van der Waals surface area (Å²) < 4.78 is 20.4. The molecule has 1 amide bonds. The van der Waals surface area contributed by atoms with Gasteiger partial charge in [-0.1, -0.05) is 59.9 Å². The highest BCUT2D eigenvalue weighted by atomic mass is 32.1. The van der Waals surface area contributed by atoms with Gasteiger partial charge in [-0.05, 0) is 53.9 Å². The molecule has 0 aliphatic rings. The number of benzene rings is 3. The minimum atomic E-state index is -0.402. The van der Waals surface area contributed by atoms with Crippen LogP contribution >= 0.6 is 11.3 Å². The van der Waals surface area contributed by atoms with Crippen LogP contribution in [0.1, 0.15) is 27.2 Å². The average Bonchev–Trinajstić information content (AvgIpc) is 3.49. The Labute approximate surface area is 188 Å². The Hall–Kier alpha value is -3.77. The molecule has 0 aliphatic carbocycles. The maximum absolute atomic E-state index is 14.2. The van der Waals surface area contributed by atoms with Gasteiger partial charge in [0.25, 0.3) is 5.91 Å². The zero-order valence-electron chi connectivity index (χ0n) is 17.1. The lowest BCUT2D eigenvalue weighted by Gasteiger charge is -2.19. The largest absolute Gasteiger partial charge is 0.467 e. The van der Waals surface area contributed by atoms with Crippen LogP contribution in [0.15, 0.2) is 95.6 Å². The molecule has 0 bridgehead atoms. The van der Waals surface area contributed by atoms with Crippen LogP contribution in [0.25, 0.3) is 10.2 Å². The van der Waals surface area contributed by atoms with Gasteiger partial charge in [-0.3, -0.25) is 9.69 Å².